The molecule has 0 aromatic carbocycles. The van der Waals surface area contributed by atoms with Crippen LogP contribution in [0, 0.1) is 18.8 Å². The lowest BCUT2D eigenvalue weighted by molar-refractivity contribution is 0.0476. The third-order valence-corrected chi connectivity index (χ3v) is 5.42. The minimum absolute atomic E-state index is 0.271. The maximum Gasteiger partial charge on any atom is 0.0847 e. The minimum atomic E-state index is 0.271. The predicted molar refractivity (Wildman–Crippen MR) is 86.8 cm³/mol. The first-order chi connectivity index (χ1) is 9.86. The van der Waals surface area contributed by atoms with Crippen LogP contribution in [0.25, 0.3) is 0 Å². The van der Waals surface area contributed by atoms with E-state index in [0.717, 1.165) is 29.4 Å². The predicted octanol–water partition coefficient (Wildman–Crippen LogP) is 2.96. The largest absolute Gasteiger partial charge is 0.375 e. The van der Waals surface area contributed by atoms with Gasteiger partial charge >= 0.3 is 0 Å². The number of rotatable bonds is 5. The smallest absolute Gasteiger partial charge is 0.0847 e. The fourth-order valence-electron chi connectivity index (χ4n) is 3.70. The van der Waals surface area contributed by atoms with Gasteiger partial charge in [-0.15, -0.1) is 0 Å². The normalized spacial score (nSPS) is 30.8. The number of likely N-dealkylation sites (N-methyl/N-ethyl adjacent to an activating group) is 1. The van der Waals surface area contributed by atoms with Crippen LogP contribution in [0.1, 0.15) is 39.1 Å². The fourth-order valence-corrected chi connectivity index (χ4v) is 3.94. The Labute approximate surface area is 133 Å². The average Bonchev–Trinajstić information content (AvgIpc) is 2.80. The van der Waals surface area contributed by atoms with Gasteiger partial charge in [0.2, 0.25) is 0 Å². The second-order valence-electron chi connectivity index (χ2n) is 6.32. The summed E-state index contributed by atoms with van der Waals surface area (Å²) in [5, 5.41) is 8.87. The Kier molecular flexibility index (Phi) is 5.33. The summed E-state index contributed by atoms with van der Waals surface area (Å²) >= 11 is 6.42. The molecule has 4 nitrogen and oxygen atoms in total. The highest BCUT2D eigenvalue weighted by Gasteiger charge is 2.41. The molecule has 5 atom stereocenters. The van der Waals surface area contributed by atoms with Crippen LogP contribution in [-0.2, 0) is 18.2 Å². The van der Waals surface area contributed by atoms with E-state index >= 15 is 0 Å². The van der Waals surface area contributed by atoms with Gasteiger partial charge in [-0.1, -0.05) is 25.4 Å². The molecule has 0 saturated carbocycles. The van der Waals surface area contributed by atoms with Crippen molar-refractivity contribution in [3.63, 3.8) is 0 Å². The summed E-state index contributed by atoms with van der Waals surface area (Å²) in [5.41, 5.74) is 2.01. The van der Waals surface area contributed by atoms with Gasteiger partial charge in [-0.25, -0.2) is 0 Å². The summed E-state index contributed by atoms with van der Waals surface area (Å²) in [6.07, 6.45) is 1.47. The van der Waals surface area contributed by atoms with Gasteiger partial charge in [-0.2, -0.15) is 5.10 Å². The summed E-state index contributed by atoms with van der Waals surface area (Å²) in [7, 11) is 1.97. The number of halogens is 1. The molecule has 1 saturated heterocycles. The molecule has 5 heteroatoms. The van der Waals surface area contributed by atoms with E-state index < -0.39 is 0 Å². The molecular weight excluding hydrogens is 286 g/mol. The van der Waals surface area contributed by atoms with Crippen molar-refractivity contribution in [2.75, 3.05) is 6.54 Å². The zero-order valence-corrected chi connectivity index (χ0v) is 14.7. The van der Waals surface area contributed by atoms with Gasteiger partial charge < -0.3 is 10.1 Å². The van der Waals surface area contributed by atoms with E-state index in [1.165, 1.54) is 0 Å². The molecule has 2 heterocycles. The van der Waals surface area contributed by atoms with Crippen LogP contribution < -0.4 is 5.32 Å². The van der Waals surface area contributed by atoms with Crippen LogP contribution in [0.4, 0.5) is 0 Å². The van der Waals surface area contributed by atoms with Crippen molar-refractivity contribution in [2.45, 2.75) is 59.3 Å². The number of nitrogens with zero attached hydrogens (tertiary/aromatic N) is 2. The molecule has 1 aromatic rings. The molecule has 0 radical (unpaired) electrons. The van der Waals surface area contributed by atoms with E-state index in [0.29, 0.717) is 24.0 Å². The van der Waals surface area contributed by atoms with E-state index in [1.54, 1.807) is 0 Å². The van der Waals surface area contributed by atoms with Gasteiger partial charge in [0.05, 0.1) is 28.6 Å². The van der Waals surface area contributed by atoms with Gasteiger partial charge in [-0.3, -0.25) is 4.68 Å². The second-order valence-corrected chi connectivity index (χ2v) is 6.70. The van der Waals surface area contributed by atoms with E-state index in [9.17, 15) is 0 Å². The van der Waals surface area contributed by atoms with Gasteiger partial charge in [0.1, 0.15) is 0 Å². The summed E-state index contributed by atoms with van der Waals surface area (Å²) in [6, 6.07) is 0.359. The first-order valence-electron chi connectivity index (χ1n) is 7.93. The van der Waals surface area contributed by atoms with Crippen LogP contribution in [0.15, 0.2) is 0 Å². The molecule has 0 amide bonds. The summed E-state index contributed by atoms with van der Waals surface area (Å²) in [6.45, 7) is 11.7. The molecule has 1 fully saturated rings. The highest BCUT2D eigenvalue weighted by Crippen LogP contribution is 2.36. The molecule has 1 aliphatic heterocycles. The van der Waals surface area contributed by atoms with E-state index in [2.05, 4.69) is 38.1 Å². The zero-order valence-electron chi connectivity index (χ0n) is 14.0. The molecular formula is C16H28ClN3O. The topological polar surface area (TPSA) is 39.1 Å². The third kappa shape index (κ3) is 3.27. The average molecular weight is 314 g/mol. The van der Waals surface area contributed by atoms with Crippen molar-refractivity contribution in [1.29, 1.82) is 0 Å². The van der Waals surface area contributed by atoms with Crippen molar-refractivity contribution < 1.29 is 4.74 Å². The van der Waals surface area contributed by atoms with Crippen LogP contribution in [0.5, 0.6) is 0 Å². The molecule has 21 heavy (non-hydrogen) atoms. The highest BCUT2D eigenvalue weighted by atomic mass is 35.5. The first kappa shape index (κ1) is 16.8. The first-order valence-corrected chi connectivity index (χ1v) is 8.31. The molecule has 0 aliphatic carbocycles. The van der Waals surface area contributed by atoms with Crippen molar-refractivity contribution >= 4 is 11.6 Å². The van der Waals surface area contributed by atoms with E-state index in [-0.39, 0.29) is 6.10 Å². The lowest BCUT2D eigenvalue weighted by Gasteiger charge is -2.30. The quantitative estimate of drug-likeness (QED) is 0.908. The maximum atomic E-state index is 6.42. The van der Waals surface area contributed by atoms with Crippen molar-refractivity contribution in [1.82, 2.24) is 15.1 Å². The Balaban J connectivity index is 2.23. The van der Waals surface area contributed by atoms with Crippen LogP contribution in [0.3, 0.4) is 0 Å². The molecule has 1 aliphatic rings. The third-order valence-electron chi connectivity index (χ3n) is 4.92. The summed E-state index contributed by atoms with van der Waals surface area (Å²) in [4.78, 5) is 0. The SMILES string of the molecule is CCNC(Cc1c(Cl)c(C)nn1C)C1C(C)OC(C)C1C. The number of aromatic nitrogens is 2. The minimum Gasteiger partial charge on any atom is -0.375 e. The molecule has 2 rings (SSSR count). The van der Waals surface area contributed by atoms with Crippen molar-refractivity contribution in [3.8, 4) is 0 Å². The van der Waals surface area contributed by atoms with E-state index in [4.69, 9.17) is 16.3 Å². The van der Waals surface area contributed by atoms with Gasteiger partial charge in [-0.05, 0) is 33.2 Å². The number of nitrogens with one attached hydrogen (secondary N) is 1. The lowest BCUT2D eigenvalue weighted by atomic mass is 9.81. The van der Waals surface area contributed by atoms with Crippen LogP contribution in [-0.4, -0.2) is 34.6 Å². The number of aryl methyl sites for hydroxylation is 2. The summed E-state index contributed by atoms with van der Waals surface area (Å²) in [5.74, 6) is 1.03. The Morgan fingerprint density at radius 2 is 2.00 bits per heavy atom. The molecule has 1 aromatic heterocycles. The van der Waals surface area contributed by atoms with Crippen LogP contribution >= 0.6 is 11.6 Å². The Morgan fingerprint density at radius 3 is 2.43 bits per heavy atom. The van der Waals surface area contributed by atoms with E-state index in [1.807, 2.05) is 18.7 Å². The lowest BCUT2D eigenvalue weighted by Crippen LogP contribution is -2.43. The summed E-state index contributed by atoms with van der Waals surface area (Å²) < 4.78 is 7.93. The Morgan fingerprint density at radius 1 is 1.33 bits per heavy atom. The fraction of sp³-hybridized carbons (Fsp3) is 0.812. The standard InChI is InChI=1S/C16H28ClN3O/c1-7-18-13(15-9(2)11(4)21-12(15)5)8-14-16(17)10(3)19-20(14)6/h9,11-13,15,18H,7-8H2,1-6H3. The molecule has 0 bridgehead atoms. The monoisotopic (exact) mass is 313 g/mol. The van der Waals surface area contributed by atoms with Gasteiger partial charge in [0.25, 0.3) is 0 Å². The molecule has 1 N–H and O–H groups in total. The van der Waals surface area contributed by atoms with Crippen molar-refractivity contribution in [3.05, 3.63) is 16.4 Å². The number of hydrogen-bond acceptors (Lipinski definition) is 3. The van der Waals surface area contributed by atoms with Crippen LogP contribution in [0.2, 0.25) is 5.02 Å². The van der Waals surface area contributed by atoms with Crippen molar-refractivity contribution in [2.24, 2.45) is 18.9 Å². The second kappa shape index (κ2) is 6.67. The number of hydrogen-bond donors (Lipinski definition) is 1. The Hall–Kier alpha value is -0.580. The highest BCUT2D eigenvalue weighted by molar-refractivity contribution is 6.31. The van der Waals surface area contributed by atoms with Gasteiger partial charge in [0, 0.05) is 25.4 Å². The molecule has 0 spiro atoms. The maximum absolute atomic E-state index is 6.42. The molecule has 120 valence electrons. The number of ether oxygens (including phenoxy) is 1. The molecule has 5 unspecified atom stereocenters. The Bertz CT molecular complexity index is 488. The van der Waals surface area contributed by atoms with Gasteiger partial charge in [0.15, 0.2) is 0 Å². The zero-order chi connectivity index (χ0) is 15.7.